The van der Waals surface area contributed by atoms with E-state index in [-0.39, 0.29) is 24.9 Å². The van der Waals surface area contributed by atoms with E-state index in [1.54, 1.807) is 26.0 Å². The summed E-state index contributed by atoms with van der Waals surface area (Å²) < 4.78 is 10.9. The first-order valence-corrected chi connectivity index (χ1v) is 6.42. The average Bonchev–Trinajstić information content (AvgIpc) is 2.39. The molecule has 0 fully saturated rings. The van der Waals surface area contributed by atoms with Gasteiger partial charge in [0.15, 0.2) is 11.5 Å². The van der Waals surface area contributed by atoms with Gasteiger partial charge in [-0.2, -0.15) is 0 Å². The largest absolute Gasteiger partial charge is 0.486 e. The summed E-state index contributed by atoms with van der Waals surface area (Å²) in [5.41, 5.74) is 5.41. The van der Waals surface area contributed by atoms with Crippen LogP contribution in [0.5, 0.6) is 11.5 Å². The molecule has 7 heteroatoms. The number of amides is 1. The van der Waals surface area contributed by atoms with Crippen molar-refractivity contribution in [2.24, 2.45) is 11.1 Å². The van der Waals surface area contributed by atoms with Crippen molar-refractivity contribution < 1.29 is 14.3 Å². The summed E-state index contributed by atoms with van der Waals surface area (Å²) in [4.78, 5) is 12.1. The Hall–Kier alpha value is -1.17. The van der Waals surface area contributed by atoms with Crippen LogP contribution in [-0.4, -0.2) is 25.7 Å². The third-order valence-corrected chi connectivity index (χ3v) is 3.32. The van der Waals surface area contributed by atoms with Crippen LogP contribution in [-0.2, 0) is 4.79 Å². The van der Waals surface area contributed by atoms with Gasteiger partial charge in [-0.05, 0) is 13.8 Å². The third-order valence-electron chi connectivity index (χ3n) is 3.01. The zero-order valence-electron chi connectivity index (χ0n) is 11.4. The highest BCUT2D eigenvalue weighted by Crippen LogP contribution is 2.38. The second-order valence-electron chi connectivity index (χ2n) is 5.02. The quantitative estimate of drug-likeness (QED) is 0.897. The second-order valence-corrected chi connectivity index (χ2v) is 5.43. The highest BCUT2D eigenvalue weighted by Gasteiger charge is 2.27. The van der Waals surface area contributed by atoms with Crippen LogP contribution in [0.3, 0.4) is 0 Å². The minimum atomic E-state index is -0.656. The number of benzene rings is 1. The zero-order chi connectivity index (χ0) is 14.0. The molecule has 20 heavy (non-hydrogen) atoms. The highest BCUT2D eigenvalue weighted by atomic mass is 35.5. The lowest BCUT2D eigenvalue weighted by Crippen LogP contribution is -2.37. The Morgan fingerprint density at radius 3 is 2.45 bits per heavy atom. The Kier molecular flexibility index (Phi) is 5.50. The van der Waals surface area contributed by atoms with Crippen molar-refractivity contribution in [1.29, 1.82) is 0 Å². The van der Waals surface area contributed by atoms with Gasteiger partial charge in [0, 0.05) is 18.7 Å². The van der Waals surface area contributed by atoms with Gasteiger partial charge >= 0.3 is 0 Å². The van der Waals surface area contributed by atoms with E-state index in [2.05, 4.69) is 5.32 Å². The fourth-order valence-corrected chi connectivity index (χ4v) is 1.74. The molecule has 0 aromatic heterocycles. The van der Waals surface area contributed by atoms with E-state index < -0.39 is 5.41 Å². The van der Waals surface area contributed by atoms with E-state index >= 15 is 0 Å². The summed E-state index contributed by atoms with van der Waals surface area (Å²) in [5.74, 6) is 0.984. The minimum absolute atomic E-state index is 0. The van der Waals surface area contributed by atoms with Crippen LogP contribution >= 0.6 is 24.0 Å². The van der Waals surface area contributed by atoms with Crippen LogP contribution in [0.4, 0.5) is 5.69 Å². The minimum Gasteiger partial charge on any atom is -0.486 e. The summed E-state index contributed by atoms with van der Waals surface area (Å²) in [6.07, 6.45) is 0. The van der Waals surface area contributed by atoms with Crippen LogP contribution in [0.1, 0.15) is 13.8 Å². The van der Waals surface area contributed by atoms with Gasteiger partial charge in [0.2, 0.25) is 5.91 Å². The normalized spacial score (nSPS) is 13.4. The molecular formula is C13H18Cl2N2O3. The van der Waals surface area contributed by atoms with Crippen LogP contribution < -0.4 is 20.5 Å². The Labute approximate surface area is 129 Å². The molecule has 2 rings (SSSR count). The van der Waals surface area contributed by atoms with E-state index in [0.29, 0.717) is 35.4 Å². The molecule has 0 aliphatic carbocycles. The van der Waals surface area contributed by atoms with Gasteiger partial charge in [-0.25, -0.2) is 0 Å². The fraction of sp³-hybridized carbons (Fsp3) is 0.462. The molecule has 1 aromatic carbocycles. The molecule has 3 N–H and O–H groups in total. The smallest absolute Gasteiger partial charge is 0.231 e. The van der Waals surface area contributed by atoms with Crippen molar-refractivity contribution in [2.45, 2.75) is 13.8 Å². The van der Waals surface area contributed by atoms with E-state index in [4.69, 9.17) is 26.8 Å². The van der Waals surface area contributed by atoms with Crippen molar-refractivity contribution in [3.63, 3.8) is 0 Å². The van der Waals surface area contributed by atoms with Gasteiger partial charge in [0.25, 0.3) is 0 Å². The Morgan fingerprint density at radius 2 is 1.90 bits per heavy atom. The van der Waals surface area contributed by atoms with E-state index in [0.717, 1.165) is 0 Å². The molecule has 1 amide bonds. The van der Waals surface area contributed by atoms with Crippen molar-refractivity contribution in [3.8, 4) is 11.5 Å². The average molecular weight is 321 g/mol. The first kappa shape index (κ1) is 16.9. The van der Waals surface area contributed by atoms with Crippen molar-refractivity contribution in [1.82, 2.24) is 0 Å². The predicted molar refractivity (Wildman–Crippen MR) is 81.2 cm³/mol. The van der Waals surface area contributed by atoms with Crippen LogP contribution in [0.2, 0.25) is 5.02 Å². The molecule has 1 aliphatic heterocycles. The lowest BCUT2D eigenvalue weighted by Gasteiger charge is -2.23. The first-order chi connectivity index (χ1) is 8.94. The molecule has 112 valence electrons. The summed E-state index contributed by atoms with van der Waals surface area (Å²) >= 11 is 6.12. The molecule has 0 unspecified atom stereocenters. The Bertz CT molecular complexity index is 507. The number of carbonyl (C=O) groups is 1. The topological polar surface area (TPSA) is 73.6 Å². The van der Waals surface area contributed by atoms with Gasteiger partial charge in [0.1, 0.15) is 13.2 Å². The SMILES string of the molecule is CC(C)(CN)C(=O)Nc1cc2c(cc1Cl)OCCO2.Cl. The van der Waals surface area contributed by atoms with Crippen molar-refractivity contribution in [2.75, 3.05) is 25.1 Å². The first-order valence-electron chi connectivity index (χ1n) is 6.05. The van der Waals surface area contributed by atoms with Gasteiger partial charge in [-0.3, -0.25) is 4.79 Å². The standard InChI is InChI=1S/C13H17ClN2O3.ClH/c1-13(2,7-15)12(17)16-9-6-11-10(5-8(9)14)18-3-4-19-11;/h5-6H,3-4,7,15H2,1-2H3,(H,16,17);1H. The number of carbonyl (C=O) groups excluding carboxylic acids is 1. The number of fused-ring (bicyclic) bond motifs is 1. The van der Waals surface area contributed by atoms with Crippen LogP contribution in [0.15, 0.2) is 12.1 Å². The number of nitrogens with two attached hydrogens (primary N) is 1. The van der Waals surface area contributed by atoms with Gasteiger partial charge < -0.3 is 20.5 Å². The lowest BCUT2D eigenvalue weighted by molar-refractivity contribution is -0.123. The lowest BCUT2D eigenvalue weighted by atomic mass is 9.92. The second kappa shape index (κ2) is 6.52. The Morgan fingerprint density at radius 1 is 1.35 bits per heavy atom. The summed E-state index contributed by atoms with van der Waals surface area (Å²) in [6.45, 7) is 4.77. The molecule has 1 heterocycles. The third kappa shape index (κ3) is 3.48. The molecule has 1 aliphatic rings. The summed E-state index contributed by atoms with van der Waals surface area (Å²) in [5, 5.41) is 3.17. The van der Waals surface area contributed by atoms with Gasteiger partial charge in [0.05, 0.1) is 16.1 Å². The van der Waals surface area contributed by atoms with E-state index in [9.17, 15) is 4.79 Å². The monoisotopic (exact) mass is 320 g/mol. The number of nitrogens with one attached hydrogen (secondary N) is 1. The molecule has 1 aromatic rings. The van der Waals surface area contributed by atoms with Crippen molar-refractivity contribution >= 4 is 35.6 Å². The molecule has 0 atom stereocenters. The highest BCUT2D eigenvalue weighted by molar-refractivity contribution is 6.34. The van der Waals surface area contributed by atoms with Crippen LogP contribution in [0.25, 0.3) is 0 Å². The maximum Gasteiger partial charge on any atom is 0.231 e. The summed E-state index contributed by atoms with van der Waals surface area (Å²) in [7, 11) is 0. The molecule has 0 spiro atoms. The van der Waals surface area contributed by atoms with Gasteiger partial charge in [-0.15, -0.1) is 12.4 Å². The van der Waals surface area contributed by atoms with Gasteiger partial charge in [-0.1, -0.05) is 11.6 Å². The van der Waals surface area contributed by atoms with E-state index in [1.807, 2.05) is 0 Å². The maximum atomic E-state index is 12.1. The number of hydrogen-bond acceptors (Lipinski definition) is 4. The number of hydrogen-bond donors (Lipinski definition) is 2. The molecule has 5 nitrogen and oxygen atoms in total. The summed E-state index contributed by atoms with van der Waals surface area (Å²) in [6, 6.07) is 3.31. The molecule has 0 saturated carbocycles. The maximum absolute atomic E-state index is 12.1. The molecule has 0 bridgehead atoms. The van der Waals surface area contributed by atoms with Crippen molar-refractivity contribution in [3.05, 3.63) is 17.2 Å². The Balaban J connectivity index is 0.00000200. The number of anilines is 1. The predicted octanol–water partition coefficient (Wildman–Crippen LogP) is 2.46. The molecule has 0 saturated heterocycles. The number of rotatable bonds is 3. The molecular weight excluding hydrogens is 303 g/mol. The zero-order valence-corrected chi connectivity index (χ0v) is 12.9. The molecule has 0 radical (unpaired) electrons. The fourth-order valence-electron chi connectivity index (χ4n) is 1.54. The van der Waals surface area contributed by atoms with Crippen LogP contribution in [0, 0.1) is 5.41 Å². The number of halogens is 2. The van der Waals surface area contributed by atoms with E-state index in [1.165, 1.54) is 0 Å². The number of ether oxygens (including phenoxy) is 2.